The van der Waals surface area contributed by atoms with Gasteiger partial charge in [0.1, 0.15) is 23.9 Å². The van der Waals surface area contributed by atoms with Gasteiger partial charge in [-0.2, -0.15) is 0 Å². The maximum Gasteiger partial charge on any atom is 0.303 e. The highest BCUT2D eigenvalue weighted by Gasteiger charge is 2.25. The van der Waals surface area contributed by atoms with Crippen LogP contribution in [0.3, 0.4) is 0 Å². The normalized spacial score (nSPS) is 17.2. The maximum atomic E-state index is 14.9. The molecule has 0 heterocycles. The number of carboxylic acids is 1. The number of fused-ring (bicyclic) bond motifs is 1. The zero-order valence-corrected chi connectivity index (χ0v) is 20.8. The van der Waals surface area contributed by atoms with E-state index in [9.17, 15) is 14.3 Å². The largest absolute Gasteiger partial charge is 0.497 e. The van der Waals surface area contributed by atoms with E-state index in [0.29, 0.717) is 23.8 Å². The predicted molar refractivity (Wildman–Crippen MR) is 138 cm³/mol. The summed E-state index contributed by atoms with van der Waals surface area (Å²) >= 11 is 0. The SMILES string of the molecule is COc1ccc(F)c(-c2ccc(COc3ccc4c(c3)[C@@H](CC(=O)O)CC4)cc2CC2CCCC2)c1. The second-order valence-electron chi connectivity index (χ2n) is 10.2. The summed E-state index contributed by atoms with van der Waals surface area (Å²) in [6, 6.07) is 17.1. The zero-order valence-electron chi connectivity index (χ0n) is 20.8. The van der Waals surface area contributed by atoms with Crippen molar-refractivity contribution >= 4 is 5.97 Å². The predicted octanol–water partition coefficient (Wildman–Crippen LogP) is 7.32. The monoisotopic (exact) mass is 488 g/mol. The van der Waals surface area contributed by atoms with E-state index < -0.39 is 5.97 Å². The van der Waals surface area contributed by atoms with E-state index in [1.807, 2.05) is 24.3 Å². The third-order valence-corrected chi connectivity index (χ3v) is 7.76. The molecule has 188 valence electrons. The van der Waals surface area contributed by atoms with Crippen molar-refractivity contribution in [2.75, 3.05) is 7.11 Å². The number of aryl methyl sites for hydroxylation is 1. The van der Waals surface area contributed by atoms with Crippen LogP contribution in [0.4, 0.5) is 4.39 Å². The van der Waals surface area contributed by atoms with Crippen molar-refractivity contribution in [3.05, 3.63) is 82.7 Å². The van der Waals surface area contributed by atoms with Crippen molar-refractivity contribution in [3.8, 4) is 22.6 Å². The number of aliphatic carboxylic acids is 1. The molecule has 0 unspecified atom stereocenters. The van der Waals surface area contributed by atoms with Crippen LogP contribution in [0.1, 0.15) is 66.7 Å². The lowest BCUT2D eigenvalue weighted by molar-refractivity contribution is -0.137. The van der Waals surface area contributed by atoms with Crippen LogP contribution in [-0.2, 0) is 24.2 Å². The number of ether oxygens (including phenoxy) is 2. The van der Waals surface area contributed by atoms with E-state index >= 15 is 0 Å². The fraction of sp³-hybridized carbons (Fsp3) is 0.387. The van der Waals surface area contributed by atoms with Gasteiger partial charge in [0.2, 0.25) is 0 Å². The molecule has 0 spiro atoms. The van der Waals surface area contributed by atoms with Crippen LogP contribution in [0, 0.1) is 11.7 Å². The van der Waals surface area contributed by atoms with Gasteiger partial charge < -0.3 is 14.6 Å². The Morgan fingerprint density at radius 2 is 1.78 bits per heavy atom. The molecule has 0 radical (unpaired) electrons. The van der Waals surface area contributed by atoms with Gasteiger partial charge in [-0.15, -0.1) is 0 Å². The van der Waals surface area contributed by atoms with Crippen LogP contribution in [-0.4, -0.2) is 18.2 Å². The average molecular weight is 489 g/mol. The maximum absolute atomic E-state index is 14.9. The highest BCUT2D eigenvalue weighted by molar-refractivity contribution is 5.70. The molecule has 0 amide bonds. The first-order valence-corrected chi connectivity index (χ1v) is 12.9. The number of carboxylic acid groups (broad SMARTS) is 1. The average Bonchev–Trinajstić information content (AvgIpc) is 3.53. The molecule has 4 nitrogen and oxygen atoms in total. The van der Waals surface area contributed by atoms with Gasteiger partial charge in [-0.1, -0.05) is 49.9 Å². The van der Waals surface area contributed by atoms with Crippen molar-refractivity contribution in [1.82, 2.24) is 0 Å². The molecule has 5 heteroatoms. The van der Waals surface area contributed by atoms with Gasteiger partial charge in [0.15, 0.2) is 0 Å². The lowest BCUT2D eigenvalue weighted by Crippen LogP contribution is -2.05. The van der Waals surface area contributed by atoms with Crippen LogP contribution in [0.15, 0.2) is 54.6 Å². The molecule has 1 saturated carbocycles. The quantitative estimate of drug-likeness (QED) is 0.343. The molecule has 0 saturated heterocycles. The van der Waals surface area contributed by atoms with Gasteiger partial charge >= 0.3 is 5.97 Å². The second-order valence-corrected chi connectivity index (χ2v) is 10.2. The van der Waals surface area contributed by atoms with Gasteiger partial charge in [-0.05, 0) is 89.2 Å². The van der Waals surface area contributed by atoms with Gasteiger partial charge in [0.25, 0.3) is 0 Å². The zero-order chi connectivity index (χ0) is 25.1. The van der Waals surface area contributed by atoms with Crippen molar-refractivity contribution in [2.24, 2.45) is 5.92 Å². The molecule has 1 N–H and O–H groups in total. The molecule has 36 heavy (non-hydrogen) atoms. The summed E-state index contributed by atoms with van der Waals surface area (Å²) in [6.07, 6.45) is 7.83. The first kappa shape index (κ1) is 24.4. The van der Waals surface area contributed by atoms with Crippen molar-refractivity contribution < 1.29 is 23.8 Å². The summed E-state index contributed by atoms with van der Waals surface area (Å²) in [6.45, 7) is 0.404. The van der Waals surface area contributed by atoms with Crippen LogP contribution in [0.2, 0.25) is 0 Å². The summed E-state index contributed by atoms with van der Waals surface area (Å²) < 4.78 is 26.4. The number of methoxy groups -OCH3 is 1. The highest BCUT2D eigenvalue weighted by atomic mass is 19.1. The molecule has 2 aliphatic rings. The minimum absolute atomic E-state index is 0.0520. The van der Waals surface area contributed by atoms with E-state index in [0.717, 1.165) is 47.3 Å². The van der Waals surface area contributed by atoms with E-state index in [1.165, 1.54) is 37.3 Å². The Morgan fingerprint density at radius 1 is 0.972 bits per heavy atom. The fourth-order valence-electron chi connectivity index (χ4n) is 5.88. The fourth-order valence-corrected chi connectivity index (χ4v) is 5.88. The molecule has 0 bridgehead atoms. The van der Waals surface area contributed by atoms with Crippen LogP contribution >= 0.6 is 0 Å². The Hall–Kier alpha value is -3.34. The Balaban J connectivity index is 1.38. The van der Waals surface area contributed by atoms with Crippen molar-refractivity contribution in [3.63, 3.8) is 0 Å². The molecule has 1 fully saturated rings. The first-order valence-electron chi connectivity index (χ1n) is 12.9. The molecule has 2 aliphatic carbocycles. The van der Waals surface area contributed by atoms with Gasteiger partial charge in [0.05, 0.1) is 13.5 Å². The number of rotatable bonds is 9. The number of carbonyl (C=O) groups is 1. The third-order valence-electron chi connectivity index (χ3n) is 7.76. The summed E-state index contributed by atoms with van der Waals surface area (Å²) in [5, 5.41) is 9.24. The smallest absolute Gasteiger partial charge is 0.303 e. The number of hydrogen-bond acceptors (Lipinski definition) is 3. The summed E-state index contributed by atoms with van der Waals surface area (Å²) in [7, 11) is 1.60. The standard InChI is InChI=1S/C31H33FO4/c1-35-25-11-13-30(32)29(17-25)27-12-6-21(15-24(27)14-20-4-2-3-5-20)19-36-26-10-9-22-7-8-23(16-31(33)34)28(22)18-26/h6,9-13,15,17-18,20,23H,2-5,7-8,14,16,19H2,1H3,(H,33,34)/t23-/m1/s1. The summed E-state index contributed by atoms with van der Waals surface area (Å²) in [5.74, 6) is 1.06. The van der Waals surface area contributed by atoms with Crippen molar-refractivity contribution in [2.45, 2.75) is 63.9 Å². The summed E-state index contributed by atoms with van der Waals surface area (Å²) in [4.78, 5) is 11.2. The molecule has 0 aliphatic heterocycles. The van der Waals surface area contributed by atoms with E-state index in [2.05, 4.69) is 12.1 Å². The minimum atomic E-state index is -0.762. The molecular weight excluding hydrogens is 455 g/mol. The molecule has 1 atom stereocenters. The summed E-state index contributed by atoms with van der Waals surface area (Å²) in [5.41, 5.74) is 5.98. The van der Waals surface area contributed by atoms with Crippen LogP contribution in [0.25, 0.3) is 11.1 Å². The highest BCUT2D eigenvalue weighted by Crippen LogP contribution is 2.38. The molecule has 0 aromatic heterocycles. The van der Waals surface area contributed by atoms with Crippen LogP contribution in [0.5, 0.6) is 11.5 Å². The topological polar surface area (TPSA) is 55.8 Å². The number of hydrogen-bond donors (Lipinski definition) is 1. The lowest BCUT2D eigenvalue weighted by atomic mass is 9.90. The Bertz CT molecular complexity index is 1250. The van der Waals surface area contributed by atoms with Gasteiger partial charge in [-0.3, -0.25) is 4.79 Å². The van der Waals surface area contributed by atoms with Gasteiger partial charge in [0, 0.05) is 5.56 Å². The number of benzene rings is 3. The lowest BCUT2D eigenvalue weighted by Gasteiger charge is -2.17. The molecule has 3 aromatic carbocycles. The van der Waals surface area contributed by atoms with Crippen LogP contribution < -0.4 is 9.47 Å². The Kier molecular flexibility index (Phi) is 7.26. The second kappa shape index (κ2) is 10.7. The Morgan fingerprint density at radius 3 is 2.56 bits per heavy atom. The molecule has 5 rings (SSSR count). The van der Waals surface area contributed by atoms with E-state index in [-0.39, 0.29) is 18.2 Å². The van der Waals surface area contributed by atoms with E-state index in [1.54, 1.807) is 19.2 Å². The molecular formula is C31H33FO4. The van der Waals surface area contributed by atoms with E-state index in [4.69, 9.17) is 9.47 Å². The minimum Gasteiger partial charge on any atom is -0.497 e. The first-order chi connectivity index (χ1) is 17.5. The number of halogens is 1. The third kappa shape index (κ3) is 5.40. The molecule has 3 aromatic rings. The van der Waals surface area contributed by atoms with Crippen molar-refractivity contribution in [1.29, 1.82) is 0 Å². The Labute approximate surface area is 212 Å². The van der Waals surface area contributed by atoms with Gasteiger partial charge in [-0.25, -0.2) is 4.39 Å².